The maximum atomic E-state index is 12.4. The number of rotatable bonds is 5. The third kappa shape index (κ3) is 4.71. The standard InChI is InChI=1S/C19H17BrN2O2/c1-3-24-18-8-7-16(20)11-14(18)10-15(12-21)19(23)22-17-6-4-5-13(2)9-17/h4-11H,3H2,1-2H3,(H,22,23)/b15-10+. The second-order valence-corrected chi connectivity index (χ2v) is 6.02. The average Bonchev–Trinajstić information content (AvgIpc) is 2.55. The highest BCUT2D eigenvalue weighted by Gasteiger charge is 2.12. The van der Waals surface area contributed by atoms with Gasteiger partial charge in [0.2, 0.25) is 0 Å². The molecule has 0 aliphatic heterocycles. The summed E-state index contributed by atoms with van der Waals surface area (Å²) in [6.07, 6.45) is 1.53. The van der Waals surface area contributed by atoms with Crippen LogP contribution >= 0.6 is 15.9 Å². The molecule has 1 N–H and O–H groups in total. The Hall–Kier alpha value is -2.58. The molecule has 0 fully saturated rings. The topological polar surface area (TPSA) is 62.1 Å². The maximum Gasteiger partial charge on any atom is 0.266 e. The number of nitriles is 1. The third-order valence-electron chi connectivity index (χ3n) is 3.21. The van der Waals surface area contributed by atoms with Crippen molar-refractivity contribution in [2.75, 3.05) is 11.9 Å². The van der Waals surface area contributed by atoms with E-state index in [1.165, 1.54) is 6.08 Å². The van der Waals surface area contributed by atoms with Crippen molar-refractivity contribution in [3.05, 3.63) is 63.6 Å². The number of hydrogen-bond acceptors (Lipinski definition) is 3. The highest BCUT2D eigenvalue weighted by atomic mass is 79.9. The first-order chi connectivity index (χ1) is 11.5. The molecule has 5 heteroatoms. The number of aryl methyl sites for hydroxylation is 1. The van der Waals surface area contributed by atoms with E-state index in [1.54, 1.807) is 12.1 Å². The van der Waals surface area contributed by atoms with Crippen molar-refractivity contribution in [3.63, 3.8) is 0 Å². The number of ether oxygens (including phenoxy) is 1. The lowest BCUT2D eigenvalue weighted by Gasteiger charge is -2.09. The van der Waals surface area contributed by atoms with Gasteiger partial charge in [0, 0.05) is 15.7 Å². The van der Waals surface area contributed by atoms with E-state index in [9.17, 15) is 10.1 Å². The minimum Gasteiger partial charge on any atom is -0.493 e. The Balaban J connectivity index is 2.30. The van der Waals surface area contributed by atoms with Gasteiger partial charge in [0.1, 0.15) is 17.4 Å². The molecule has 0 saturated carbocycles. The molecule has 0 aliphatic carbocycles. The lowest BCUT2D eigenvalue weighted by molar-refractivity contribution is -0.112. The monoisotopic (exact) mass is 384 g/mol. The van der Waals surface area contributed by atoms with Gasteiger partial charge in [0.05, 0.1) is 6.61 Å². The van der Waals surface area contributed by atoms with E-state index in [0.717, 1.165) is 10.0 Å². The van der Waals surface area contributed by atoms with Crippen LogP contribution in [0.2, 0.25) is 0 Å². The van der Waals surface area contributed by atoms with Gasteiger partial charge in [-0.2, -0.15) is 5.26 Å². The second kappa shape index (κ2) is 8.32. The van der Waals surface area contributed by atoms with Crippen LogP contribution in [-0.4, -0.2) is 12.5 Å². The summed E-state index contributed by atoms with van der Waals surface area (Å²) < 4.78 is 6.39. The Morgan fingerprint density at radius 2 is 2.12 bits per heavy atom. The quantitative estimate of drug-likeness (QED) is 0.599. The minimum absolute atomic E-state index is 0.00978. The third-order valence-corrected chi connectivity index (χ3v) is 3.71. The van der Waals surface area contributed by atoms with Crippen molar-refractivity contribution in [2.45, 2.75) is 13.8 Å². The summed E-state index contributed by atoms with van der Waals surface area (Å²) in [5, 5.41) is 12.1. The Labute approximate surface area is 149 Å². The fourth-order valence-corrected chi connectivity index (χ4v) is 2.52. The normalized spacial score (nSPS) is 10.8. The summed E-state index contributed by atoms with van der Waals surface area (Å²) >= 11 is 3.39. The zero-order valence-electron chi connectivity index (χ0n) is 13.5. The average molecular weight is 385 g/mol. The van der Waals surface area contributed by atoms with Crippen molar-refractivity contribution in [2.24, 2.45) is 0 Å². The molecule has 24 heavy (non-hydrogen) atoms. The van der Waals surface area contributed by atoms with E-state index >= 15 is 0 Å². The summed E-state index contributed by atoms with van der Waals surface area (Å²) in [5.74, 6) is 0.169. The molecule has 0 aliphatic rings. The van der Waals surface area contributed by atoms with Crippen LogP contribution < -0.4 is 10.1 Å². The van der Waals surface area contributed by atoms with Crippen molar-refractivity contribution < 1.29 is 9.53 Å². The van der Waals surface area contributed by atoms with Crippen LogP contribution in [0.1, 0.15) is 18.1 Å². The molecule has 0 heterocycles. The van der Waals surface area contributed by atoms with Crippen LogP contribution in [0.5, 0.6) is 5.75 Å². The number of nitrogens with zero attached hydrogens (tertiary/aromatic N) is 1. The molecule has 0 spiro atoms. The van der Waals surface area contributed by atoms with Crippen molar-refractivity contribution in [1.82, 2.24) is 0 Å². The largest absolute Gasteiger partial charge is 0.493 e. The van der Waals surface area contributed by atoms with E-state index in [1.807, 2.05) is 50.2 Å². The Morgan fingerprint density at radius 3 is 2.79 bits per heavy atom. The van der Waals surface area contributed by atoms with Gasteiger partial charge < -0.3 is 10.1 Å². The van der Waals surface area contributed by atoms with Crippen LogP contribution in [-0.2, 0) is 4.79 Å². The minimum atomic E-state index is -0.453. The molecular weight excluding hydrogens is 368 g/mol. The number of amides is 1. The number of carbonyl (C=O) groups excluding carboxylic acids is 1. The first kappa shape index (κ1) is 17.8. The van der Waals surface area contributed by atoms with Crippen LogP contribution in [0.15, 0.2) is 52.5 Å². The zero-order chi connectivity index (χ0) is 17.5. The molecule has 0 aromatic heterocycles. The summed E-state index contributed by atoms with van der Waals surface area (Å²) in [4.78, 5) is 12.4. The Bertz CT molecular complexity index is 822. The lowest BCUT2D eigenvalue weighted by Crippen LogP contribution is -2.13. The predicted octanol–water partition coefficient (Wildman–Crippen LogP) is 4.70. The molecular formula is C19H17BrN2O2. The van der Waals surface area contributed by atoms with Gasteiger partial charge in [-0.25, -0.2) is 0 Å². The van der Waals surface area contributed by atoms with E-state index < -0.39 is 5.91 Å². The van der Waals surface area contributed by atoms with Crippen molar-refractivity contribution in [1.29, 1.82) is 5.26 Å². The molecule has 0 radical (unpaired) electrons. The molecule has 2 aromatic carbocycles. The van der Waals surface area contributed by atoms with Crippen LogP contribution in [0.4, 0.5) is 5.69 Å². The first-order valence-corrected chi connectivity index (χ1v) is 8.25. The number of nitrogens with one attached hydrogen (secondary N) is 1. The fraction of sp³-hybridized carbons (Fsp3) is 0.158. The maximum absolute atomic E-state index is 12.4. The van der Waals surface area contributed by atoms with Gasteiger partial charge in [-0.1, -0.05) is 28.1 Å². The summed E-state index contributed by atoms with van der Waals surface area (Å²) in [5.41, 5.74) is 2.36. The summed E-state index contributed by atoms with van der Waals surface area (Å²) in [6, 6.07) is 14.8. The van der Waals surface area contributed by atoms with Gasteiger partial charge in [0.15, 0.2) is 0 Å². The molecule has 0 saturated heterocycles. The molecule has 0 unspecified atom stereocenters. The molecule has 2 aromatic rings. The number of hydrogen-bond donors (Lipinski definition) is 1. The van der Waals surface area contributed by atoms with Crippen LogP contribution in [0.3, 0.4) is 0 Å². The SMILES string of the molecule is CCOc1ccc(Br)cc1/C=C(\C#N)C(=O)Nc1cccc(C)c1. The summed E-state index contributed by atoms with van der Waals surface area (Å²) in [7, 11) is 0. The Kier molecular flexibility index (Phi) is 6.16. The number of benzene rings is 2. The van der Waals surface area contributed by atoms with Gasteiger partial charge in [-0.05, 0) is 55.8 Å². The molecule has 2 rings (SSSR count). The molecule has 1 amide bonds. The van der Waals surface area contributed by atoms with E-state index in [0.29, 0.717) is 23.6 Å². The summed E-state index contributed by atoms with van der Waals surface area (Å²) in [6.45, 7) is 4.32. The van der Waals surface area contributed by atoms with Gasteiger partial charge in [0.25, 0.3) is 5.91 Å². The van der Waals surface area contributed by atoms with E-state index in [-0.39, 0.29) is 5.57 Å². The molecule has 4 nitrogen and oxygen atoms in total. The van der Waals surface area contributed by atoms with E-state index in [2.05, 4.69) is 21.2 Å². The van der Waals surface area contributed by atoms with Crippen LogP contribution in [0.25, 0.3) is 6.08 Å². The van der Waals surface area contributed by atoms with Gasteiger partial charge in [-0.15, -0.1) is 0 Å². The zero-order valence-corrected chi connectivity index (χ0v) is 15.1. The van der Waals surface area contributed by atoms with Crippen molar-refractivity contribution >= 4 is 33.6 Å². The van der Waals surface area contributed by atoms with E-state index in [4.69, 9.17) is 4.74 Å². The molecule has 0 atom stereocenters. The highest BCUT2D eigenvalue weighted by molar-refractivity contribution is 9.10. The molecule has 122 valence electrons. The smallest absolute Gasteiger partial charge is 0.266 e. The van der Waals surface area contributed by atoms with Gasteiger partial charge in [-0.3, -0.25) is 4.79 Å². The molecule has 0 bridgehead atoms. The fourth-order valence-electron chi connectivity index (χ4n) is 2.14. The number of anilines is 1. The second-order valence-electron chi connectivity index (χ2n) is 5.11. The lowest BCUT2D eigenvalue weighted by atomic mass is 10.1. The first-order valence-electron chi connectivity index (χ1n) is 7.45. The van der Waals surface area contributed by atoms with Crippen molar-refractivity contribution in [3.8, 4) is 11.8 Å². The highest BCUT2D eigenvalue weighted by Crippen LogP contribution is 2.26. The number of halogens is 1. The Morgan fingerprint density at radius 1 is 1.33 bits per heavy atom. The number of carbonyl (C=O) groups is 1. The van der Waals surface area contributed by atoms with Crippen LogP contribution in [0, 0.1) is 18.3 Å². The predicted molar refractivity (Wildman–Crippen MR) is 98.7 cm³/mol. The van der Waals surface area contributed by atoms with Gasteiger partial charge >= 0.3 is 0 Å².